The molecule has 1 atom stereocenters. The van der Waals surface area contributed by atoms with E-state index in [1.807, 2.05) is 44.2 Å². The molecule has 1 saturated heterocycles. The van der Waals surface area contributed by atoms with Gasteiger partial charge in [0.05, 0.1) is 31.6 Å². The second-order valence-corrected chi connectivity index (χ2v) is 6.76. The molecule has 1 aliphatic heterocycles. The minimum absolute atomic E-state index is 0.00613. The van der Waals surface area contributed by atoms with Crippen molar-refractivity contribution in [1.82, 2.24) is 9.80 Å². The first-order chi connectivity index (χ1) is 12.6. The van der Waals surface area contributed by atoms with Gasteiger partial charge in [0.15, 0.2) is 0 Å². The van der Waals surface area contributed by atoms with Gasteiger partial charge in [0.2, 0.25) is 5.91 Å². The molecular formula is C20H27N3O3. The molecule has 26 heavy (non-hydrogen) atoms. The SMILES string of the molecule is COc1ccc(C)cc1NC(=O)[C@@H](C)N1CCN(Cc2ccco2)CC1. The average molecular weight is 357 g/mol. The second kappa shape index (κ2) is 8.38. The number of anilines is 1. The minimum Gasteiger partial charge on any atom is -0.495 e. The molecule has 0 radical (unpaired) electrons. The summed E-state index contributed by atoms with van der Waals surface area (Å²) < 4.78 is 10.8. The van der Waals surface area contributed by atoms with Crippen LogP contribution in [0.2, 0.25) is 0 Å². The lowest BCUT2D eigenvalue weighted by atomic mass is 10.1. The first-order valence-electron chi connectivity index (χ1n) is 9.01. The number of rotatable bonds is 6. The van der Waals surface area contributed by atoms with Crippen LogP contribution in [0.1, 0.15) is 18.2 Å². The van der Waals surface area contributed by atoms with E-state index < -0.39 is 0 Å². The first-order valence-corrected chi connectivity index (χ1v) is 9.01. The number of hydrogen-bond donors (Lipinski definition) is 1. The van der Waals surface area contributed by atoms with Gasteiger partial charge in [-0.15, -0.1) is 0 Å². The summed E-state index contributed by atoms with van der Waals surface area (Å²) in [7, 11) is 1.61. The Hall–Kier alpha value is -2.31. The molecule has 0 unspecified atom stereocenters. The predicted octanol–water partition coefficient (Wildman–Crippen LogP) is 2.74. The third-order valence-corrected chi connectivity index (χ3v) is 4.91. The third kappa shape index (κ3) is 4.45. The van der Waals surface area contributed by atoms with Gasteiger partial charge < -0.3 is 14.5 Å². The van der Waals surface area contributed by atoms with Gasteiger partial charge in [-0.05, 0) is 43.7 Å². The fourth-order valence-corrected chi connectivity index (χ4v) is 3.25. The number of amides is 1. The van der Waals surface area contributed by atoms with Gasteiger partial charge in [-0.2, -0.15) is 0 Å². The van der Waals surface area contributed by atoms with E-state index in [0.717, 1.165) is 49.7 Å². The number of nitrogens with zero attached hydrogens (tertiary/aromatic N) is 2. The molecule has 2 aromatic rings. The fraction of sp³-hybridized carbons (Fsp3) is 0.450. The summed E-state index contributed by atoms with van der Waals surface area (Å²) in [6.07, 6.45) is 1.71. The Morgan fingerprint density at radius 2 is 2.04 bits per heavy atom. The number of furan rings is 1. The van der Waals surface area contributed by atoms with E-state index in [2.05, 4.69) is 15.1 Å². The Kier molecular flexibility index (Phi) is 5.96. The maximum atomic E-state index is 12.7. The lowest BCUT2D eigenvalue weighted by molar-refractivity contribution is -0.121. The number of carbonyl (C=O) groups is 1. The van der Waals surface area contributed by atoms with Crippen molar-refractivity contribution in [2.45, 2.75) is 26.4 Å². The number of ether oxygens (including phenoxy) is 1. The highest BCUT2D eigenvalue weighted by Gasteiger charge is 2.26. The topological polar surface area (TPSA) is 58.0 Å². The molecule has 1 amide bonds. The molecular weight excluding hydrogens is 330 g/mol. The molecule has 0 bridgehead atoms. The summed E-state index contributed by atoms with van der Waals surface area (Å²) in [4.78, 5) is 17.3. The van der Waals surface area contributed by atoms with Crippen LogP contribution in [0.4, 0.5) is 5.69 Å². The van der Waals surface area contributed by atoms with E-state index in [-0.39, 0.29) is 11.9 Å². The number of aryl methyl sites for hydroxylation is 1. The molecule has 1 aromatic carbocycles. The quantitative estimate of drug-likeness (QED) is 0.861. The summed E-state index contributed by atoms with van der Waals surface area (Å²) in [5, 5.41) is 3.01. The summed E-state index contributed by atoms with van der Waals surface area (Å²) in [6, 6.07) is 9.50. The Labute approximate surface area is 154 Å². The monoisotopic (exact) mass is 357 g/mol. The number of carbonyl (C=O) groups excluding carboxylic acids is 1. The van der Waals surface area contributed by atoms with E-state index in [0.29, 0.717) is 5.75 Å². The van der Waals surface area contributed by atoms with E-state index in [4.69, 9.17) is 9.15 Å². The molecule has 1 fully saturated rings. The highest BCUT2D eigenvalue weighted by Crippen LogP contribution is 2.25. The van der Waals surface area contributed by atoms with Crippen molar-refractivity contribution < 1.29 is 13.9 Å². The molecule has 140 valence electrons. The van der Waals surface area contributed by atoms with Gasteiger partial charge in [0.25, 0.3) is 0 Å². The van der Waals surface area contributed by atoms with Crippen molar-refractivity contribution in [2.24, 2.45) is 0 Å². The van der Waals surface area contributed by atoms with Crippen LogP contribution in [0.5, 0.6) is 5.75 Å². The predicted molar refractivity (Wildman–Crippen MR) is 101 cm³/mol. The largest absolute Gasteiger partial charge is 0.495 e. The van der Waals surface area contributed by atoms with Crippen LogP contribution in [0.25, 0.3) is 0 Å². The first kappa shape index (κ1) is 18.5. The second-order valence-electron chi connectivity index (χ2n) is 6.76. The van der Waals surface area contributed by atoms with Crippen molar-refractivity contribution in [2.75, 3.05) is 38.6 Å². The zero-order valence-corrected chi connectivity index (χ0v) is 15.7. The maximum Gasteiger partial charge on any atom is 0.241 e. The lowest BCUT2D eigenvalue weighted by Gasteiger charge is -2.37. The average Bonchev–Trinajstić information content (AvgIpc) is 3.15. The van der Waals surface area contributed by atoms with Crippen LogP contribution in [0.3, 0.4) is 0 Å². The summed E-state index contributed by atoms with van der Waals surface area (Å²) in [5.41, 5.74) is 1.81. The van der Waals surface area contributed by atoms with Gasteiger partial charge in [-0.3, -0.25) is 14.6 Å². The van der Waals surface area contributed by atoms with Gasteiger partial charge in [0, 0.05) is 26.2 Å². The van der Waals surface area contributed by atoms with Crippen LogP contribution >= 0.6 is 0 Å². The molecule has 6 heteroatoms. The Bertz CT molecular complexity index is 722. The highest BCUT2D eigenvalue weighted by atomic mass is 16.5. The molecule has 1 aliphatic rings. The number of benzene rings is 1. The smallest absolute Gasteiger partial charge is 0.241 e. The van der Waals surface area contributed by atoms with Gasteiger partial charge >= 0.3 is 0 Å². The summed E-state index contributed by atoms with van der Waals surface area (Å²) >= 11 is 0. The standard InChI is InChI=1S/C20H27N3O3/c1-15-6-7-19(25-3)18(13-15)21-20(24)16(2)23-10-8-22(9-11-23)14-17-5-4-12-26-17/h4-7,12-13,16H,8-11,14H2,1-3H3,(H,21,24)/t16-/m1/s1. The van der Waals surface area contributed by atoms with Gasteiger partial charge in [0.1, 0.15) is 11.5 Å². The van der Waals surface area contributed by atoms with Crippen LogP contribution < -0.4 is 10.1 Å². The molecule has 0 aliphatic carbocycles. The van der Waals surface area contributed by atoms with E-state index in [1.165, 1.54) is 0 Å². The van der Waals surface area contributed by atoms with Crippen molar-refractivity contribution >= 4 is 11.6 Å². The van der Waals surface area contributed by atoms with Crippen molar-refractivity contribution in [3.05, 3.63) is 47.9 Å². The molecule has 1 N–H and O–H groups in total. The number of methoxy groups -OCH3 is 1. The van der Waals surface area contributed by atoms with Gasteiger partial charge in [-0.1, -0.05) is 6.07 Å². The van der Waals surface area contributed by atoms with Crippen molar-refractivity contribution in [3.63, 3.8) is 0 Å². The molecule has 2 heterocycles. The molecule has 0 saturated carbocycles. The van der Waals surface area contributed by atoms with E-state index >= 15 is 0 Å². The maximum absolute atomic E-state index is 12.7. The fourth-order valence-electron chi connectivity index (χ4n) is 3.25. The van der Waals surface area contributed by atoms with Crippen molar-refractivity contribution in [3.8, 4) is 5.75 Å². The molecule has 3 rings (SSSR count). The van der Waals surface area contributed by atoms with Gasteiger partial charge in [-0.25, -0.2) is 0 Å². The highest BCUT2D eigenvalue weighted by molar-refractivity contribution is 5.96. The number of hydrogen-bond acceptors (Lipinski definition) is 5. The Morgan fingerprint density at radius 3 is 2.69 bits per heavy atom. The van der Waals surface area contributed by atoms with Crippen molar-refractivity contribution in [1.29, 1.82) is 0 Å². The van der Waals surface area contributed by atoms with Crippen LogP contribution in [0.15, 0.2) is 41.0 Å². The Balaban J connectivity index is 1.54. The Morgan fingerprint density at radius 1 is 1.27 bits per heavy atom. The molecule has 0 spiro atoms. The van der Waals surface area contributed by atoms with Crippen LogP contribution in [0, 0.1) is 6.92 Å². The molecule has 6 nitrogen and oxygen atoms in total. The lowest BCUT2D eigenvalue weighted by Crippen LogP contribution is -2.52. The number of nitrogens with one attached hydrogen (secondary N) is 1. The zero-order valence-electron chi connectivity index (χ0n) is 15.7. The third-order valence-electron chi connectivity index (χ3n) is 4.91. The van der Waals surface area contributed by atoms with Crippen LogP contribution in [-0.2, 0) is 11.3 Å². The van der Waals surface area contributed by atoms with E-state index in [1.54, 1.807) is 13.4 Å². The van der Waals surface area contributed by atoms with E-state index in [9.17, 15) is 4.79 Å². The van der Waals surface area contributed by atoms with Crippen LogP contribution in [-0.4, -0.2) is 55.0 Å². The minimum atomic E-state index is -0.189. The molecule has 1 aromatic heterocycles. The summed E-state index contributed by atoms with van der Waals surface area (Å²) in [6.45, 7) is 8.34. The number of piperazine rings is 1. The zero-order chi connectivity index (χ0) is 18.5. The normalized spacial score (nSPS) is 17.0. The summed E-state index contributed by atoms with van der Waals surface area (Å²) in [5.74, 6) is 1.66.